The summed E-state index contributed by atoms with van der Waals surface area (Å²) in [4.78, 5) is 0. The lowest BCUT2D eigenvalue weighted by atomic mass is 10.2. The highest BCUT2D eigenvalue weighted by Crippen LogP contribution is 2.09. The van der Waals surface area contributed by atoms with Crippen LogP contribution in [0.15, 0.2) is 47.6 Å². The normalized spacial score (nSPS) is 10.8. The van der Waals surface area contributed by atoms with Gasteiger partial charge in [0.25, 0.3) is 0 Å². The maximum atomic E-state index is 12.9. The van der Waals surface area contributed by atoms with Crippen LogP contribution in [0.4, 0.5) is 18.9 Å². The van der Waals surface area contributed by atoms with Crippen LogP contribution < -0.4 is 5.43 Å². The van der Waals surface area contributed by atoms with E-state index in [1.807, 2.05) is 0 Å². The van der Waals surface area contributed by atoms with Gasteiger partial charge >= 0.3 is 0 Å². The van der Waals surface area contributed by atoms with Crippen molar-refractivity contribution in [3.8, 4) is 0 Å². The minimum atomic E-state index is -0.930. The second-order valence-electron chi connectivity index (χ2n) is 3.55. The van der Waals surface area contributed by atoms with E-state index in [1.165, 1.54) is 36.5 Å². The molecule has 0 atom stereocenters. The van der Waals surface area contributed by atoms with E-state index in [4.69, 9.17) is 0 Å². The number of nitrogens with one attached hydrogen (secondary N) is 1. The maximum Gasteiger partial charge on any atom is 0.159 e. The highest BCUT2D eigenvalue weighted by atomic mass is 19.2. The van der Waals surface area contributed by atoms with E-state index >= 15 is 0 Å². The predicted molar refractivity (Wildman–Crippen MR) is 64.0 cm³/mol. The lowest BCUT2D eigenvalue weighted by molar-refractivity contribution is 0.508. The number of hydrogen-bond acceptors (Lipinski definition) is 2. The van der Waals surface area contributed by atoms with Crippen molar-refractivity contribution in [3.63, 3.8) is 0 Å². The van der Waals surface area contributed by atoms with Gasteiger partial charge in [0.15, 0.2) is 11.6 Å². The van der Waals surface area contributed by atoms with E-state index in [9.17, 15) is 13.2 Å². The molecule has 0 aromatic heterocycles. The SMILES string of the molecule is Fc1ccc(N/N=C\c2ccc(F)c(F)c2)cc1. The van der Waals surface area contributed by atoms with Crippen LogP contribution in [0.2, 0.25) is 0 Å². The molecular weight excluding hydrogens is 241 g/mol. The minimum Gasteiger partial charge on any atom is -0.279 e. The molecule has 0 radical (unpaired) electrons. The average molecular weight is 250 g/mol. The van der Waals surface area contributed by atoms with Crippen LogP contribution in [0.5, 0.6) is 0 Å². The molecule has 92 valence electrons. The fourth-order valence-corrected chi connectivity index (χ4v) is 1.30. The van der Waals surface area contributed by atoms with E-state index in [2.05, 4.69) is 10.5 Å². The van der Waals surface area contributed by atoms with Crippen LogP contribution >= 0.6 is 0 Å². The van der Waals surface area contributed by atoms with Gasteiger partial charge in [0.2, 0.25) is 0 Å². The molecule has 2 rings (SSSR count). The summed E-state index contributed by atoms with van der Waals surface area (Å²) in [7, 11) is 0. The van der Waals surface area contributed by atoms with E-state index < -0.39 is 11.6 Å². The summed E-state index contributed by atoms with van der Waals surface area (Å²) in [6.07, 6.45) is 1.34. The van der Waals surface area contributed by atoms with Crippen LogP contribution in [0, 0.1) is 17.5 Å². The fourth-order valence-electron chi connectivity index (χ4n) is 1.30. The Bertz CT molecular complexity index is 565. The fraction of sp³-hybridized carbons (Fsp3) is 0. The molecule has 0 fully saturated rings. The van der Waals surface area contributed by atoms with Gasteiger partial charge in [0.05, 0.1) is 11.9 Å². The lowest BCUT2D eigenvalue weighted by Gasteiger charge is -1.99. The predicted octanol–water partition coefficient (Wildman–Crippen LogP) is 3.55. The number of benzene rings is 2. The first-order valence-corrected chi connectivity index (χ1v) is 5.15. The van der Waals surface area contributed by atoms with Crippen molar-refractivity contribution in [1.82, 2.24) is 0 Å². The van der Waals surface area contributed by atoms with Crippen molar-refractivity contribution >= 4 is 11.9 Å². The molecule has 0 unspecified atom stereocenters. The van der Waals surface area contributed by atoms with E-state index in [-0.39, 0.29) is 5.82 Å². The summed E-state index contributed by atoms with van der Waals surface area (Å²) in [6.45, 7) is 0. The van der Waals surface area contributed by atoms with Crippen molar-refractivity contribution in [2.24, 2.45) is 5.10 Å². The molecule has 0 heterocycles. The summed E-state index contributed by atoms with van der Waals surface area (Å²) < 4.78 is 38.1. The summed E-state index contributed by atoms with van der Waals surface area (Å²) in [5.41, 5.74) is 3.65. The molecule has 2 nitrogen and oxygen atoms in total. The Labute approximate surface area is 102 Å². The molecule has 2 aromatic rings. The molecule has 0 bridgehead atoms. The van der Waals surface area contributed by atoms with Crippen molar-refractivity contribution in [1.29, 1.82) is 0 Å². The number of hydrogen-bond donors (Lipinski definition) is 1. The van der Waals surface area contributed by atoms with Crippen LogP contribution in [0.25, 0.3) is 0 Å². The minimum absolute atomic E-state index is 0.342. The summed E-state index contributed by atoms with van der Waals surface area (Å²) >= 11 is 0. The molecule has 0 amide bonds. The maximum absolute atomic E-state index is 12.9. The zero-order valence-electron chi connectivity index (χ0n) is 9.20. The van der Waals surface area contributed by atoms with Crippen molar-refractivity contribution < 1.29 is 13.2 Å². The van der Waals surface area contributed by atoms with Gasteiger partial charge in [-0.25, -0.2) is 13.2 Å². The monoisotopic (exact) mass is 250 g/mol. The first kappa shape index (κ1) is 12.2. The number of hydrazone groups is 1. The van der Waals surface area contributed by atoms with Gasteiger partial charge in [-0.1, -0.05) is 6.07 Å². The van der Waals surface area contributed by atoms with Crippen LogP contribution in [0.1, 0.15) is 5.56 Å². The van der Waals surface area contributed by atoms with Crippen LogP contribution in [0.3, 0.4) is 0 Å². The highest BCUT2D eigenvalue weighted by molar-refractivity contribution is 5.80. The Morgan fingerprint density at radius 1 is 0.889 bits per heavy atom. The van der Waals surface area contributed by atoms with Gasteiger partial charge in [0.1, 0.15) is 5.82 Å². The second-order valence-corrected chi connectivity index (χ2v) is 3.55. The van der Waals surface area contributed by atoms with Crippen molar-refractivity contribution in [3.05, 3.63) is 65.5 Å². The van der Waals surface area contributed by atoms with Gasteiger partial charge in [-0.3, -0.25) is 5.43 Å². The molecule has 0 aliphatic heterocycles. The zero-order chi connectivity index (χ0) is 13.0. The molecule has 0 saturated heterocycles. The highest BCUT2D eigenvalue weighted by Gasteiger charge is 2.00. The smallest absolute Gasteiger partial charge is 0.159 e. The third-order valence-corrected chi connectivity index (χ3v) is 2.20. The Balaban J connectivity index is 2.02. The Kier molecular flexibility index (Phi) is 3.62. The lowest BCUT2D eigenvalue weighted by Crippen LogP contribution is -1.92. The molecule has 18 heavy (non-hydrogen) atoms. The van der Waals surface area contributed by atoms with Gasteiger partial charge < -0.3 is 0 Å². The third-order valence-electron chi connectivity index (χ3n) is 2.20. The van der Waals surface area contributed by atoms with Crippen molar-refractivity contribution in [2.45, 2.75) is 0 Å². The van der Waals surface area contributed by atoms with Crippen LogP contribution in [-0.2, 0) is 0 Å². The first-order valence-electron chi connectivity index (χ1n) is 5.15. The summed E-state index contributed by atoms with van der Waals surface area (Å²) in [5.74, 6) is -2.18. The molecular formula is C13H9F3N2. The molecule has 5 heteroatoms. The first-order chi connectivity index (χ1) is 8.65. The number of rotatable bonds is 3. The van der Waals surface area contributed by atoms with E-state index in [0.29, 0.717) is 11.3 Å². The molecule has 1 N–H and O–H groups in total. The molecule has 0 saturated carbocycles. The van der Waals surface area contributed by atoms with E-state index in [0.717, 1.165) is 12.1 Å². The topological polar surface area (TPSA) is 24.4 Å². The Hall–Kier alpha value is -2.30. The standard InChI is InChI=1S/C13H9F3N2/c14-10-2-4-11(5-3-10)18-17-8-9-1-6-12(15)13(16)7-9/h1-8,18H/b17-8-. The van der Waals surface area contributed by atoms with Gasteiger partial charge in [0, 0.05) is 0 Å². The largest absolute Gasteiger partial charge is 0.279 e. The Morgan fingerprint density at radius 2 is 1.61 bits per heavy atom. The van der Waals surface area contributed by atoms with Gasteiger partial charge in [-0.15, -0.1) is 0 Å². The molecule has 0 spiro atoms. The van der Waals surface area contributed by atoms with Gasteiger partial charge in [-0.2, -0.15) is 5.10 Å². The Morgan fingerprint density at radius 3 is 2.28 bits per heavy atom. The van der Waals surface area contributed by atoms with Crippen LogP contribution in [-0.4, -0.2) is 6.21 Å². The molecule has 0 aliphatic carbocycles. The molecule has 0 aliphatic rings. The number of anilines is 1. The molecule has 2 aromatic carbocycles. The average Bonchev–Trinajstić information content (AvgIpc) is 2.36. The number of halogens is 3. The van der Waals surface area contributed by atoms with Gasteiger partial charge in [-0.05, 0) is 42.0 Å². The second kappa shape index (κ2) is 5.35. The summed E-state index contributed by atoms with van der Waals surface area (Å²) in [6, 6.07) is 9.05. The summed E-state index contributed by atoms with van der Waals surface area (Å²) in [5, 5.41) is 3.83. The van der Waals surface area contributed by atoms with E-state index in [1.54, 1.807) is 0 Å². The number of nitrogens with zero attached hydrogens (tertiary/aromatic N) is 1. The third kappa shape index (κ3) is 3.10. The zero-order valence-corrected chi connectivity index (χ0v) is 9.20. The quantitative estimate of drug-likeness (QED) is 0.653. The van der Waals surface area contributed by atoms with Crippen molar-refractivity contribution in [2.75, 3.05) is 5.43 Å².